The van der Waals surface area contributed by atoms with Crippen molar-refractivity contribution in [3.8, 4) is 23.5 Å². The molecule has 1 saturated carbocycles. The predicted octanol–water partition coefficient (Wildman–Crippen LogP) is 2.66. The molecule has 4 aromatic heterocycles. The number of nitrogens with zero attached hydrogens (tertiary/aromatic N) is 10. The number of pyridine rings is 1. The smallest absolute Gasteiger partial charge is 0.223 e. The molecule has 1 aliphatic rings. The number of rotatable bonds is 4. The second-order valence-electron chi connectivity index (χ2n) is 8.21. The minimum atomic E-state index is 0.156. The molecule has 4 heterocycles. The minimum Gasteiger partial charge on any atom is -0.351 e. The van der Waals surface area contributed by atoms with E-state index < -0.39 is 0 Å². The average molecular weight is 439 g/mol. The third-order valence-electron chi connectivity index (χ3n) is 6.16. The fraction of sp³-hybridized carbons (Fsp3) is 0.364. The van der Waals surface area contributed by atoms with Gasteiger partial charge in [0.15, 0.2) is 5.65 Å². The number of hydrogen-bond donors (Lipinski definition) is 1. The Balaban J connectivity index is 1.38. The van der Waals surface area contributed by atoms with Crippen LogP contribution in [0.5, 0.6) is 0 Å². The Labute approximate surface area is 189 Å². The molecule has 0 saturated heterocycles. The van der Waals surface area contributed by atoms with Gasteiger partial charge in [-0.2, -0.15) is 10.5 Å². The van der Waals surface area contributed by atoms with Gasteiger partial charge in [-0.3, -0.25) is 4.68 Å². The van der Waals surface area contributed by atoms with Crippen molar-refractivity contribution in [1.29, 1.82) is 10.5 Å². The van der Waals surface area contributed by atoms with E-state index in [-0.39, 0.29) is 12.1 Å². The second-order valence-corrected chi connectivity index (χ2v) is 8.21. The maximum Gasteiger partial charge on any atom is 0.223 e. The number of fused-ring (bicyclic) bond motifs is 1. The highest BCUT2D eigenvalue weighted by molar-refractivity contribution is 5.72. The Morgan fingerprint density at radius 1 is 1.09 bits per heavy atom. The number of nitrogens with one attached hydrogen (secondary N) is 1. The quantitative estimate of drug-likeness (QED) is 0.507. The van der Waals surface area contributed by atoms with E-state index in [1.807, 2.05) is 6.92 Å². The zero-order valence-electron chi connectivity index (χ0n) is 18.3. The summed E-state index contributed by atoms with van der Waals surface area (Å²) in [6.07, 6.45) is 8.81. The molecule has 0 spiro atoms. The molecule has 5 rings (SSSR count). The topological polar surface area (TPSA) is 147 Å². The number of hydrogen-bond acceptors (Lipinski definition) is 9. The van der Waals surface area contributed by atoms with Crippen molar-refractivity contribution in [3.05, 3.63) is 41.6 Å². The van der Waals surface area contributed by atoms with Crippen molar-refractivity contribution < 1.29 is 0 Å². The standard InChI is InChI=1S/C22H21N11/c1-13-19(30-31-32(13)2)20-15(9-24)11-26-22(29-20)28-16-4-3-5-17(7-16)33-12-27-18-6-14(8-23)10-25-21(18)33/h6,10-12,16-17H,3-5,7H2,1-2H3,(H,26,28,29)/t16-,17+/m1/s1. The van der Waals surface area contributed by atoms with Crippen LogP contribution in [-0.2, 0) is 7.05 Å². The first-order valence-electron chi connectivity index (χ1n) is 10.7. The van der Waals surface area contributed by atoms with Gasteiger partial charge in [-0.15, -0.1) is 5.10 Å². The lowest BCUT2D eigenvalue weighted by atomic mass is 9.91. The van der Waals surface area contributed by atoms with E-state index in [9.17, 15) is 5.26 Å². The molecule has 11 heteroatoms. The SMILES string of the molecule is Cc1c(-c2nc(N[C@@H]3CCC[C@H](n4cnc5cc(C#N)cnc54)C3)ncc2C#N)nnn1C. The van der Waals surface area contributed by atoms with Crippen LogP contribution in [0.25, 0.3) is 22.6 Å². The molecule has 0 unspecified atom stereocenters. The maximum absolute atomic E-state index is 9.51. The highest BCUT2D eigenvalue weighted by atomic mass is 15.4. The molecule has 0 radical (unpaired) electrons. The molecule has 0 bridgehead atoms. The largest absolute Gasteiger partial charge is 0.351 e. The second kappa shape index (κ2) is 8.28. The third kappa shape index (κ3) is 3.74. The summed E-state index contributed by atoms with van der Waals surface area (Å²) in [5, 5.41) is 30.3. The van der Waals surface area contributed by atoms with Gasteiger partial charge in [0.05, 0.1) is 29.3 Å². The van der Waals surface area contributed by atoms with Gasteiger partial charge < -0.3 is 9.88 Å². The Bertz CT molecular complexity index is 1420. The monoisotopic (exact) mass is 439 g/mol. The minimum absolute atomic E-state index is 0.156. The van der Waals surface area contributed by atoms with Crippen molar-refractivity contribution >= 4 is 17.1 Å². The fourth-order valence-electron chi connectivity index (χ4n) is 4.31. The number of anilines is 1. The van der Waals surface area contributed by atoms with Gasteiger partial charge in [-0.25, -0.2) is 19.9 Å². The molecule has 1 N–H and O–H groups in total. The molecule has 33 heavy (non-hydrogen) atoms. The summed E-state index contributed by atoms with van der Waals surface area (Å²) in [6.45, 7) is 1.89. The van der Waals surface area contributed by atoms with Gasteiger partial charge in [0.1, 0.15) is 29.0 Å². The van der Waals surface area contributed by atoms with E-state index in [1.54, 1.807) is 30.3 Å². The summed E-state index contributed by atoms with van der Waals surface area (Å²) >= 11 is 0. The van der Waals surface area contributed by atoms with E-state index in [2.05, 4.69) is 52.3 Å². The van der Waals surface area contributed by atoms with Crippen LogP contribution in [0.4, 0.5) is 5.95 Å². The number of aryl methyl sites for hydroxylation is 1. The molecule has 1 fully saturated rings. The van der Waals surface area contributed by atoms with Crippen molar-refractivity contribution in [3.63, 3.8) is 0 Å². The number of nitriles is 2. The van der Waals surface area contributed by atoms with E-state index in [1.165, 1.54) is 6.20 Å². The first-order valence-corrected chi connectivity index (χ1v) is 10.7. The Morgan fingerprint density at radius 3 is 2.73 bits per heavy atom. The molecular formula is C22H21N11. The summed E-state index contributed by atoms with van der Waals surface area (Å²) < 4.78 is 3.75. The highest BCUT2D eigenvalue weighted by Gasteiger charge is 2.26. The van der Waals surface area contributed by atoms with Gasteiger partial charge in [0.25, 0.3) is 0 Å². The zero-order chi connectivity index (χ0) is 22.9. The first kappa shape index (κ1) is 20.5. The highest BCUT2D eigenvalue weighted by Crippen LogP contribution is 2.32. The molecule has 2 atom stereocenters. The van der Waals surface area contributed by atoms with Gasteiger partial charge >= 0.3 is 0 Å². The predicted molar refractivity (Wildman–Crippen MR) is 119 cm³/mol. The molecule has 0 aliphatic heterocycles. The molecule has 0 aromatic carbocycles. The zero-order valence-corrected chi connectivity index (χ0v) is 18.3. The lowest BCUT2D eigenvalue weighted by Crippen LogP contribution is -2.29. The summed E-state index contributed by atoms with van der Waals surface area (Å²) in [6, 6.07) is 6.39. The van der Waals surface area contributed by atoms with Crippen LogP contribution < -0.4 is 5.32 Å². The number of aromatic nitrogens is 8. The lowest BCUT2D eigenvalue weighted by Gasteiger charge is -2.30. The Kier molecular flexibility index (Phi) is 5.15. The van der Waals surface area contributed by atoms with Crippen molar-refractivity contribution in [2.24, 2.45) is 7.05 Å². The molecule has 11 nitrogen and oxygen atoms in total. The summed E-state index contributed by atoms with van der Waals surface area (Å²) in [7, 11) is 1.80. The molecule has 4 aromatic rings. The van der Waals surface area contributed by atoms with Gasteiger partial charge in [-0.1, -0.05) is 5.21 Å². The summed E-state index contributed by atoms with van der Waals surface area (Å²) in [5.41, 5.74) is 4.26. The van der Waals surface area contributed by atoms with E-state index in [0.717, 1.165) is 42.5 Å². The normalized spacial score (nSPS) is 18.1. The van der Waals surface area contributed by atoms with Gasteiger partial charge in [0.2, 0.25) is 5.95 Å². The molecule has 164 valence electrons. The lowest BCUT2D eigenvalue weighted by molar-refractivity contribution is 0.335. The van der Waals surface area contributed by atoms with Crippen LogP contribution in [0.1, 0.15) is 48.5 Å². The van der Waals surface area contributed by atoms with E-state index in [0.29, 0.717) is 28.5 Å². The number of imidazole rings is 1. The maximum atomic E-state index is 9.51. The van der Waals surface area contributed by atoms with Crippen LogP contribution in [0.15, 0.2) is 24.8 Å². The van der Waals surface area contributed by atoms with Gasteiger partial charge in [-0.05, 0) is 38.7 Å². The van der Waals surface area contributed by atoms with Crippen molar-refractivity contribution in [2.75, 3.05) is 5.32 Å². The van der Waals surface area contributed by atoms with Gasteiger partial charge in [0, 0.05) is 25.3 Å². The summed E-state index contributed by atoms with van der Waals surface area (Å²) in [4.78, 5) is 17.9. The Morgan fingerprint density at radius 2 is 1.97 bits per heavy atom. The van der Waals surface area contributed by atoms with Crippen molar-refractivity contribution in [1.82, 2.24) is 39.5 Å². The van der Waals surface area contributed by atoms with Crippen molar-refractivity contribution in [2.45, 2.75) is 44.7 Å². The third-order valence-corrected chi connectivity index (χ3v) is 6.16. The fourth-order valence-corrected chi connectivity index (χ4v) is 4.31. The molecule has 0 amide bonds. The van der Waals surface area contributed by atoms with E-state index in [4.69, 9.17) is 5.26 Å². The summed E-state index contributed by atoms with van der Waals surface area (Å²) in [5.74, 6) is 0.465. The van der Waals surface area contributed by atoms with Crippen LogP contribution in [0.3, 0.4) is 0 Å². The van der Waals surface area contributed by atoms with E-state index >= 15 is 0 Å². The molecule has 1 aliphatic carbocycles. The molecular weight excluding hydrogens is 418 g/mol. The van der Waals surface area contributed by atoms with Crippen LogP contribution in [0, 0.1) is 29.6 Å². The first-order chi connectivity index (χ1) is 16.1. The van der Waals surface area contributed by atoms with Crippen LogP contribution in [0.2, 0.25) is 0 Å². The van der Waals surface area contributed by atoms with Crippen LogP contribution >= 0.6 is 0 Å². The Hall–Kier alpha value is -4.38. The van der Waals surface area contributed by atoms with Crippen LogP contribution in [-0.4, -0.2) is 45.5 Å². The average Bonchev–Trinajstić information content (AvgIpc) is 3.41.